The van der Waals surface area contributed by atoms with Crippen LogP contribution in [0.15, 0.2) is 24.4 Å². The van der Waals surface area contributed by atoms with Gasteiger partial charge in [0.25, 0.3) is 0 Å². The van der Waals surface area contributed by atoms with Crippen molar-refractivity contribution in [2.45, 2.75) is 5.54 Å². The van der Waals surface area contributed by atoms with Crippen LogP contribution in [-0.2, 0) is 10.4 Å². The zero-order chi connectivity index (χ0) is 11.0. The molecule has 0 aromatic carbocycles. The van der Waals surface area contributed by atoms with Crippen LogP contribution in [0, 0.1) is 5.92 Å². The molecule has 0 saturated carbocycles. The molecule has 0 radical (unpaired) electrons. The summed E-state index contributed by atoms with van der Waals surface area (Å²) in [5.74, 6) is 0.521. The SMILES string of the molecule is C=CCN1CC2CONC2(c2cncs2)C1. The molecule has 1 aromatic heterocycles. The van der Waals surface area contributed by atoms with Gasteiger partial charge in [-0.25, -0.2) is 0 Å². The van der Waals surface area contributed by atoms with Crippen molar-refractivity contribution in [3.05, 3.63) is 29.2 Å². The van der Waals surface area contributed by atoms with E-state index < -0.39 is 0 Å². The highest BCUT2D eigenvalue weighted by Crippen LogP contribution is 2.41. The van der Waals surface area contributed by atoms with Crippen LogP contribution in [0.1, 0.15) is 4.88 Å². The highest BCUT2D eigenvalue weighted by atomic mass is 32.1. The Balaban J connectivity index is 1.89. The quantitative estimate of drug-likeness (QED) is 0.796. The minimum Gasteiger partial charge on any atom is -0.300 e. The minimum atomic E-state index is -0.0375. The van der Waals surface area contributed by atoms with Gasteiger partial charge in [-0.05, 0) is 0 Å². The maximum absolute atomic E-state index is 5.44. The Morgan fingerprint density at radius 3 is 3.50 bits per heavy atom. The molecule has 5 heteroatoms. The van der Waals surface area contributed by atoms with Crippen molar-refractivity contribution < 1.29 is 4.84 Å². The minimum absolute atomic E-state index is 0.0375. The molecule has 0 aliphatic carbocycles. The largest absolute Gasteiger partial charge is 0.300 e. The number of rotatable bonds is 3. The average Bonchev–Trinajstić information content (AvgIpc) is 2.89. The van der Waals surface area contributed by atoms with E-state index in [1.807, 2.05) is 17.8 Å². The third kappa shape index (κ3) is 1.43. The van der Waals surface area contributed by atoms with Crippen LogP contribution < -0.4 is 5.48 Å². The van der Waals surface area contributed by atoms with Crippen LogP contribution in [-0.4, -0.2) is 36.1 Å². The third-order valence-corrected chi connectivity index (χ3v) is 4.40. The van der Waals surface area contributed by atoms with E-state index in [9.17, 15) is 0 Å². The number of fused-ring (bicyclic) bond motifs is 1. The standard InChI is InChI=1S/C11H15N3OS/c1-2-3-14-5-9-6-15-13-11(9,7-14)10-4-12-8-16-10/h2,4,8-9,13H,1,3,5-7H2. The summed E-state index contributed by atoms with van der Waals surface area (Å²) >= 11 is 1.70. The Bertz CT molecular complexity index is 381. The lowest BCUT2D eigenvalue weighted by Crippen LogP contribution is -2.42. The second-order valence-electron chi connectivity index (χ2n) is 4.43. The highest BCUT2D eigenvalue weighted by molar-refractivity contribution is 7.09. The lowest BCUT2D eigenvalue weighted by atomic mass is 9.88. The molecule has 1 N–H and O–H groups in total. The molecular weight excluding hydrogens is 222 g/mol. The maximum Gasteiger partial charge on any atom is 0.0977 e. The normalized spacial score (nSPS) is 34.1. The van der Waals surface area contributed by atoms with Gasteiger partial charge in [-0.15, -0.1) is 17.9 Å². The molecule has 0 spiro atoms. The molecule has 2 unspecified atom stereocenters. The van der Waals surface area contributed by atoms with Crippen LogP contribution in [0.5, 0.6) is 0 Å². The summed E-state index contributed by atoms with van der Waals surface area (Å²) in [6.45, 7) is 7.57. The first-order valence-electron chi connectivity index (χ1n) is 5.46. The molecule has 2 aliphatic rings. The number of nitrogens with one attached hydrogen (secondary N) is 1. The predicted molar refractivity (Wildman–Crippen MR) is 63.0 cm³/mol. The maximum atomic E-state index is 5.44. The Kier molecular flexibility index (Phi) is 2.55. The molecule has 16 heavy (non-hydrogen) atoms. The summed E-state index contributed by atoms with van der Waals surface area (Å²) in [5, 5.41) is 0. The fourth-order valence-electron chi connectivity index (χ4n) is 2.68. The third-order valence-electron chi connectivity index (χ3n) is 3.45. The smallest absolute Gasteiger partial charge is 0.0977 e. The van der Waals surface area contributed by atoms with Gasteiger partial charge in [-0.2, -0.15) is 5.48 Å². The van der Waals surface area contributed by atoms with Crippen molar-refractivity contribution in [1.82, 2.24) is 15.4 Å². The zero-order valence-corrected chi connectivity index (χ0v) is 9.87. The van der Waals surface area contributed by atoms with Gasteiger partial charge in [0.1, 0.15) is 0 Å². The molecular formula is C11H15N3OS. The van der Waals surface area contributed by atoms with Crippen molar-refractivity contribution in [3.63, 3.8) is 0 Å². The highest BCUT2D eigenvalue weighted by Gasteiger charge is 2.52. The van der Waals surface area contributed by atoms with Crippen molar-refractivity contribution in [2.24, 2.45) is 5.92 Å². The monoisotopic (exact) mass is 237 g/mol. The molecule has 86 valence electrons. The van der Waals surface area contributed by atoms with Gasteiger partial charge in [0.05, 0.1) is 17.7 Å². The van der Waals surface area contributed by atoms with Crippen molar-refractivity contribution in [1.29, 1.82) is 0 Å². The first kappa shape index (κ1) is 10.4. The molecule has 2 fully saturated rings. The first-order valence-corrected chi connectivity index (χ1v) is 6.34. The Morgan fingerprint density at radius 1 is 1.81 bits per heavy atom. The van der Waals surface area contributed by atoms with Crippen LogP contribution >= 0.6 is 11.3 Å². The summed E-state index contributed by atoms with van der Waals surface area (Å²) < 4.78 is 0. The van der Waals surface area contributed by atoms with Crippen LogP contribution in [0.4, 0.5) is 0 Å². The van der Waals surface area contributed by atoms with Gasteiger partial charge in [0.15, 0.2) is 0 Å². The fourth-order valence-corrected chi connectivity index (χ4v) is 3.52. The second-order valence-corrected chi connectivity index (χ2v) is 5.32. The van der Waals surface area contributed by atoms with Gasteiger partial charge >= 0.3 is 0 Å². The molecule has 4 nitrogen and oxygen atoms in total. The van der Waals surface area contributed by atoms with Crippen molar-refractivity contribution in [3.8, 4) is 0 Å². The van der Waals surface area contributed by atoms with Gasteiger partial charge in [0.2, 0.25) is 0 Å². The Morgan fingerprint density at radius 2 is 2.75 bits per heavy atom. The topological polar surface area (TPSA) is 37.4 Å². The molecule has 3 heterocycles. The van der Waals surface area contributed by atoms with E-state index in [0.717, 1.165) is 26.2 Å². The summed E-state index contributed by atoms with van der Waals surface area (Å²) in [7, 11) is 0. The van der Waals surface area contributed by atoms with Crippen LogP contribution in [0.2, 0.25) is 0 Å². The van der Waals surface area contributed by atoms with E-state index >= 15 is 0 Å². The van der Waals surface area contributed by atoms with Crippen LogP contribution in [0.25, 0.3) is 0 Å². The second kappa shape index (κ2) is 3.92. The molecule has 2 aliphatic heterocycles. The van der Waals surface area contributed by atoms with E-state index in [0.29, 0.717) is 5.92 Å². The number of likely N-dealkylation sites (tertiary alicyclic amines) is 1. The number of hydrogen-bond donors (Lipinski definition) is 1. The summed E-state index contributed by atoms with van der Waals surface area (Å²) in [4.78, 5) is 13.3. The van der Waals surface area contributed by atoms with Gasteiger partial charge in [-0.3, -0.25) is 9.88 Å². The molecule has 0 amide bonds. The number of aromatic nitrogens is 1. The average molecular weight is 237 g/mol. The molecule has 3 rings (SSSR count). The zero-order valence-electron chi connectivity index (χ0n) is 9.06. The molecule has 1 aromatic rings. The Hall–Kier alpha value is -0.750. The number of thiazole rings is 1. The number of hydroxylamine groups is 1. The van der Waals surface area contributed by atoms with Crippen LogP contribution in [0.3, 0.4) is 0 Å². The van der Waals surface area contributed by atoms with Gasteiger partial charge < -0.3 is 4.84 Å². The lowest BCUT2D eigenvalue weighted by Gasteiger charge is -2.25. The lowest BCUT2D eigenvalue weighted by molar-refractivity contribution is 0.0498. The Labute approximate surface area is 98.9 Å². The van der Waals surface area contributed by atoms with E-state index in [1.165, 1.54) is 4.88 Å². The number of nitrogens with zero attached hydrogens (tertiary/aromatic N) is 2. The molecule has 2 saturated heterocycles. The van der Waals surface area contributed by atoms with Gasteiger partial charge in [0, 0.05) is 36.6 Å². The van der Waals surface area contributed by atoms with E-state index in [-0.39, 0.29) is 5.54 Å². The summed E-state index contributed by atoms with van der Waals surface area (Å²) in [5.41, 5.74) is 5.07. The first-order chi connectivity index (χ1) is 7.85. The van der Waals surface area contributed by atoms with E-state index in [1.54, 1.807) is 11.3 Å². The summed E-state index contributed by atoms with van der Waals surface area (Å²) in [6.07, 6.45) is 3.92. The van der Waals surface area contributed by atoms with E-state index in [4.69, 9.17) is 4.84 Å². The van der Waals surface area contributed by atoms with Gasteiger partial charge in [-0.1, -0.05) is 6.08 Å². The number of hydrogen-bond acceptors (Lipinski definition) is 5. The predicted octanol–water partition coefficient (Wildman–Crippen LogP) is 0.991. The van der Waals surface area contributed by atoms with Crippen molar-refractivity contribution in [2.75, 3.05) is 26.2 Å². The molecule has 0 bridgehead atoms. The van der Waals surface area contributed by atoms with E-state index in [2.05, 4.69) is 21.9 Å². The van der Waals surface area contributed by atoms with Crippen molar-refractivity contribution >= 4 is 11.3 Å². The summed E-state index contributed by atoms with van der Waals surface area (Å²) in [6, 6.07) is 0. The fraction of sp³-hybridized carbons (Fsp3) is 0.545. The molecule has 2 atom stereocenters.